The van der Waals surface area contributed by atoms with E-state index in [1.807, 2.05) is 11.0 Å². The number of amides is 1. The third-order valence-corrected chi connectivity index (χ3v) is 5.62. The van der Waals surface area contributed by atoms with Gasteiger partial charge in [0.1, 0.15) is 5.76 Å². The van der Waals surface area contributed by atoms with Crippen molar-refractivity contribution < 1.29 is 9.21 Å². The molecule has 0 saturated carbocycles. The number of hydrogen-bond donors (Lipinski definition) is 0. The van der Waals surface area contributed by atoms with Gasteiger partial charge in [-0.05, 0) is 51.1 Å². The fraction of sp³-hybridized carbons (Fsp3) is 0.550. The normalized spacial score (nSPS) is 20.9. The van der Waals surface area contributed by atoms with E-state index in [2.05, 4.69) is 41.6 Å². The second-order valence-corrected chi connectivity index (χ2v) is 7.20. The van der Waals surface area contributed by atoms with Crippen LogP contribution in [0.3, 0.4) is 0 Å². The largest absolute Gasteiger partial charge is 0.456 e. The van der Waals surface area contributed by atoms with E-state index in [1.165, 1.54) is 24.1 Å². The lowest BCUT2D eigenvalue weighted by Crippen LogP contribution is -2.40. The van der Waals surface area contributed by atoms with Gasteiger partial charge in [-0.25, -0.2) is 0 Å². The molecule has 4 heterocycles. The Morgan fingerprint density at radius 1 is 1.24 bits per heavy atom. The van der Waals surface area contributed by atoms with Gasteiger partial charge in [0.25, 0.3) is 5.91 Å². The molecule has 25 heavy (non-hydrogen) atoms. The lowest BCUT2D eigenvalue weighted by atomic mass is 10.1. The van der Waals surface area contributed by atoms with Crippen LogP contribution in [0.4, 0.5) is 0 Å². The number of furan rings is 1. The molecule has 1 unspecified atom stereocenters. The van der Waals surface area contributed by atoms with Crippen molar-refractivity contribution in [2.24, 2.45) is 0 Å². The van der Waals surface area contributed by atoms with Crippen LogP contribution in [0.15, 0.2) is 28.8 Å². The number of likely N-dealkylation sites (tertiary alicyclic amines) is 1. The maximum Gasteiger partial charge on any atom is 0.290 e. The Labute approximate surface area is 149 Å². The van der Waals surface area contributed by atoms with Crippen molar-refractivity contribution in [1.82, 2.24) is 14.4 Å². The van der Waals surface area contributed by atoms with Gasteiger partial charge in [-0.2, -0.15) is 0 Å². The van der Waals surface area contributed by atoms with E-state index in [9.17, 15) is 4.79 Å². The van der Waals surface area contributed by atoms with E-state index in [-0.39, 0.29) is 11.9 Å². The molecule has 0 radical (unpaired) electrons. The minimum atomic E-state index is 0.0160. The van der Waals surface area contributed by atoms with Gasteiger partial charge < -0.3 is 13.9 Å². The van der Waals surface area contributed by atoms with Crippen molar-refractivity contribution in [2.45, 2.75) is 52.2 Å². The van der Waals surface area contributed by atoms with Gasteiger partial charge in [0, 0.05) is 43.5 Å². The average molecular weight is 341 g/mol. The molecule has 1 saturated heterocycles. The third-order valence-electron chi connectivity index (χ3n) is 5.62. The van der Waals surface area contributed by atoms with Gasteiger partial charge in [-0.15, -0.1) is 0 Å². The molecule has 1 fully saturated rings. The highest BCUT2D eigenvalue weighted by Gasteiger charge is 2.30. The molecule has 2 aliphatic rings. The van der Waals surface area contributed by atoms with Crippen LogP contribution in [0.2, 0.25) is 0 Å². The zero-order valence-corrected chi connectivity index (χ0v) is 15.2. The summed E-state index contributed by atoms with van der Waals surface area (Å²) in [5.41, 5.74) is 2.37. The zero-order valence-electron chi connectivity index (χ0n) is 15.2. The molecule has 1 atom stereocenters. The number of nitrogens with zero attached hydrogens (tertiary/aromatic N) is 3. The predicted octanol–water partition coefficient (Wildman–Crippen LogP) is 3.46. The summed E-state index contributed by atoms with van der Waals surface area (Å²) >= 11 is 0. The van der Waals surface area contributed by atoms with Crippen LogP contribution in [0, 0.1) is 0 Å². The molecular weight excluding hydrogens is 314 g/mol. The molecule has 5 nitrogen and oxygen atoms in total. The summed E-state index contributed by atoms with van der Waals surface area (Å²) in [7, 11) is 0. The summed E-state index contributed by atoms with van der Waals surface area (Å²) in [6.45, 7) is 8.97. The monoisotopic (exact) mass is 341 g/mol. The molecule has 5 heteroatoms. The molecule has 0 spiro atoms. The minimum Gasteiger partial charge on any atom is -0.456 e. The Morgan fingerprint density at radius 3 is 2.80 bits per heavy atom. The summed E-state index contributed by atoms with van der Waals surface area (Å²) in [5, 5.41) is 0. The average Bonchev–Trinajstić information content (AvgIpc) is 3.35. The minimum absolute atomic E-state index is 0.0160. The lowest BCUT2D eigenvalue weighted by Gasteiger charge is -2.34. The highest BCUT2D eigenvalue weighted by Crippen LogP contribution is 2.28. The molecule has 4 rings (SSSR count). The van der Waals surface area contributed by atoms with Crippen LogP contribution >= 0.6 is 0 Å². The first-order valence-electron chi connectivity index (χ1n) is 9.47. The number of fused-ring (bicyclic) bond motifs is 1. The molecule has 0 bridgehead atoms. The van der Waals surface area contributed by atoms with Crippen LogP contribution in [0.5, 0.6) is 0 Å². The molecule has 0 N–H and O–H groups in total. The van der Waals surface area contributed by atoms with E-state index >= 15 is 0 Å². The second kappa shape index (κ2) is 6.71. The highest BCUT2D eigenvalue weighted by molar-refractivity contribution is 5.92. The summed E-state index contributed by atoms with van der Waals surface area (Å²) in [5.74, 6) is 1.48. The van der Waals surface area contributed by atoms with Gasteiger partial charge in [0.15, 0.2) is 5.76 Å². The van der Waals surface area contributed by atoms with Gasteiger partial charge >= 0.3 is 0 Å². The lowest BCUT2D eigenvalue weighted by molar-refractivity contribution is 0.0609. The first-order chi connectivity index (χ1) is 12.2. The Balaban J connectivity index is 1.55. The number of carbonyl (C=O) groups is 1. The van der Waals surface area contributed by atoms with E-state index in [4.69, 9.17) is 4.42 Å². The topological polar surface area (TPSA) is 41.6 Å². The molecule has 2 aromatic heterocycles. The quantitative estimate of drug-likeness (QED) is 0.855. The highest BCUT2D eigenvalue weighted by atomic mass is 16.4. The molecule has 0 aromatic carbocycles. The van der Waals surface area contributed by atoms with E-state index < -0.39 is 0 Å². The van der Waals surface area contributed by atoms with Crippen molar-refractivity contribution in [2.75, 3.05) is 19.6 Å². The van der Waals surface area contributed by atoms with Crippen molar-refractivity contribution in [1.29, 1.82) is 0 Å². The van der Waals surface area contributed by atoms with Crippen LogP contribution < -0.4 is 0 Å². The molecular formula is C20H27N3O2. The van der Waals surface area contributed by atoms with Crippen LogP contribution in [-0.2, 0) is 19.5 Å². The summed E-state index contributed by atoms with van der Waals surface area (Å²) in [4.78, 5) is 17.5. The fourth-order valence-electron chi connectivity index (χ4n) is 4.18. The molecule has 2 aromatic rings. The number of aromatic nitrogens is 1. The van der Waals surface area contributed by atoms with Crippen molar-refractivity contribution >= 4 is 5.91 Å². The van der Waals surface area contributed by atoms with Crippen LogP contribution in [0.25, 0.3) is 0 Å². The molecule has 134 valence electrons. The number of aryl methyl sites for hydroxylation is 1. The smallest absolute Gasteiger partial charge is 0.290 e. The van der Waals surface area contributed by atoms with E-state index in [0.29, 0.717) is 5.76 Å². The number of rotatable bonds is 4. The van der Waals surface area contributed by atoms with Crippen molar-refractivity contribution in [3.63, 3.8) is 0 Å². The van der Waals surface area contributed by atoms with Gasteiger partial charge in [-0.1, -0.05) is 6.92 Å². The maximum absolute atomic E-state index is 13.1. The molecule has 0 aliphatic carbocycles. The maximum atomic E-state index is 13.1. The first-order valence-corrected chi connectivity index (χ1v) is 9.47. The van der Waals surface area contributed by atoms with E-state index in [0.717, 1.165) is 44.9 Å². The SMILES string of the molecule is CCc1oc(C(=O)N2CCn3cccc3C2C)cc1CN1CCCC1. The predicted molar refractivity (Wildman–Crippen MR) is 96.5 cm³/mol. The number of hydrogen-bond acceptors (Lipinski definition) is 3. The Hall–Kier alpha value is -2.01. The summed E-state index contributed by atoms with van der Waals surface area (Å²) in [6.07, 6.45) is 5.46. The summed E-state index contributed by atoms with van der Waals surface area (Å²) < 4.78 is 8.21. The van der Waals surface area contributed by atoms with Crippen LogP contribution in [0.1, 0.15) is 60.3 Å². The van der Waals surface area contributed by atoms with Crippen LogP contribution in [-0.4, -0.2) is 39.9 Å². The Bertz CT molecular complexity index is 755. The molecule has 1 amide bonds. The zero-order chi connectivity index (χ0) is 17.4. The van der Waals surface area contributed by atoms with Gasteiger partial charge in [0.05, 0.1) is 6.04 Å². The second-order valence-electron chi connectivity index (χ2n) is 7.20. The molecule has 2 aliphatic heterocycles. The van der Waals surface area contributed by atoms with Crippen molar-refractivity contribution in [3.8, 4) is 0 Å². The van der Waals surface area contributed by atoms with E-state index in [1.54, 1.807) is 0 Å². The standard InChI is InChI=1S/C20H27N3O2/c1-3-18-16(14-21-8-4-5-9-21)13-19(25-18)20(24)23-12-11-22-10-6-7-17(22)15(23)2/h6-7,10,13,15H,3-5,8-9,11-12,14H2,1-2H3. The third kappa shape index (κ3) is 3.01. The summed E-state index contributed by atoms with van der Waals surface area (Å²) in [6, 6.07) is 6.21. The first kappa shape index (κ1) is 16.5. The van der Waals surface area contributed by atoms with Gasteiger partial charge in [-0.3, -0.25) is 9.69 Å². The Kier molecular flexibility index (Phi) is 4.42. The fourth-order valence-corrected chi connectivity index (χ4v) is 4.18. The number of carbonyl (C=O) groups excluding carboxylic acids is 1. The van der Waals surface area contributed by atoms with Gasteiger partial charge in [0.2, 0.25) is 0 Å². The Morgan fingerprint density at radius 2 is 2.04 bits per heavy atom. The van der Waals surface area contributed by atoms with Crippen molar-refractivity contribution in [3.05, 3.63) is 47.2 Å².